The van der Waals surface area contributed by atoms with Crippen molar-refractivity contribution in [3.05, 3.63) is 29.8 Å². The predicted octanol–water partition coefficient (Wildman–Crippen LogP) is 1.51. The van der Waals surface area contributed by atoms with Gasteiger partial charge in [0.15, 0.2) is 0 Å². The van der Waals surface area contributed by atoms with Crippen molar-refractivity contribution < 1.29 is 23.5 Å². The Morgan fingerprint density at radius 1 is 1.29 bits per heavy atom. The molecule has 0 fully saturated rings. The van der Waals surface area contributed by atoms with E-state index in [0.717, 1.165) is 17.0 Å². The van der Waals surface area contributed by atoms with Crippen LogP contribution in [0.1, 0.15) is 0 Å². The van der Waals surface area contributed by atoms with Crippen LogP contribution in [0.2, 0.25) is 0 Å². The van der Waals surface area contributed by atoms with Crippen LogP contribution in [-0.2, 0) is 4.79 Å². The van der Waals surface area contributed by atoms with Crippen molar-refractivity contribution in [3.63, 3.8) is 0 Å². The van der Waals surface area contributed by atoms with Gasteiger partial charge in [0, 0.05) is 18.8 Å². The van der Waals surface area contributed by atoms with E-state index in [1.807, 2.05) is 0 Å². The lowest BCUT2D eigenvalue weighted by Crippen LogP contribution is -2.35. The number of anilines is 1. The molecule has 0 aliphatic heterocycles. The van der Waals surface area contributed by atoms with Crippen LogP contribution in [0.25, 0.3) is 0 Å². The van der Waals surface area contributed by atoms with Gasteiger partial charge in [-0.05, 0) is 12.1 Å². The van der Waals surface area contributed by atoms with Gasteiger partial charge in [-0.1, -0.05) is 0 Å². The number of aliphatic carboxylic acids is 1. The summed E-state index contributed by atoms with van der Waals surface area (Å²) >= 11 is 0. The number of likely N-dealkylation sites (N-methyl/N-ethyl adjacent to an activating group) is 1. The third kappa shape index (κ3) is 4.06. The molecule has 17 heavy (non-hydrogen) atoms. The number of urea groups is 1. The van der Waals surface area contributed by atoms with E-state index in [2.05, 4.69) is 5.32 Å². The Balaban J connectivity index is 2.70. The highest BCUT2D eigenvalue weighted by Crippen LogP contribution is 2.13. The van der Waals surface area contributed by atoms with Crippen LogP contribution in [0.15, 0.2) is 18.2 Å². The van der Waals surface area contributed by atoms with Crippen LogP contribution in [0.3, 0.4) is 0 Å². The van der Waals surface area contributed by atoms with Crippen molar-refractivity contribution in [2.75, 3.05) is 18.9 Å². The minimum absolute atomic E-state index is 0.0789. The molecule has 2 amide bonds. The monoisotopic (exact) mass is 244 g/mol. The number of nitrogens with one attached hydrogen (secondary N) is 1. The number of hydrogen-bond acceptors (Lipinski definition) is 2. The van der Waals surface area contributed by atoms with Crippen LogP contribution in [0.4, 0.5) is 19.3 Å². The van der Waals surface area contributed by atoms with Crippen molar-refractivity contribution in [2.45, 2.75) is 0 Å². The Labute approximate surface area is 95.6 Å². The van der Waals surface area contributed by atoms with E-state index in [9.17, 15) is 18.4 Å². The molecule has 0 radical (unpaired) electrons. The molecule has 0 aliphatic carbocycles. The summed E-state index contributed by atoms with van der Waals surface area (Å²) in [6.07, 6.45) is 0. The van der Waals surface area contributed by atoms with Gasteiger partial charge < -0.3 is 15.3 Å². The van der Waals surface area contributed by atoms with Gasteiger partial charge in [-0.3, -0.25) is 4.79 Å². The van der Waals surface area contributed by atoms with Crippen molar-refractivity contribution in [1.82, 2.24) is 4.90 Å². The number of nitrogens with zero attached hydrogens (tertiary/aromatic N) is 1. The second-order valence-corrected chi connectivity index (χ2v) is 3.34. The molecule has 7 heteroatoms. The number of carboxylic acids is 1. The smallest absolute Gasteiger partial charge is 0.323 e. The maximum atomic E-state index is 12.8. The zero-order valence-electron chi connectivity index (χ0n) is 8.91. The summed E-state index contributed by atoms with van der Waals surface area (Å²) in [6.45, 7) is -0.510. The third-order valence-electron chi connectivity index (χ3n) is 1.83. The average molecular weight is 244 g/mol. The SMILES string of the molecule is CN(CC(=O)O)C(=O)Nc1cc(F)cc(F)c1. The highest BCUT2D eigenvalue weighted by Gasteiger charge is 2.12. The zero-order chi connectivity index (χ0) is 13.0. The lowest BCUT2D eigenvalue weighted by molar-refractivity contribution is -0.137. The van der Waals surface area contributed by atoms with Crippen LogP contribution in [0, 0.1) is 11.6 Å². The van der Waals surface area contributed by atoms with E-state index < -0.39 is 30.2 Å². The molecular weight excluding hydrogens is 234 g/mol. The molecule has 5 nitrogen and oxygen atoms in total. The van der Waals surface area contributed by atoms with Crippen molar-refractivity contribution in [3.8, 4) is 0 Å². The molecule has 0 spiro atoms. The summed E-state index contributed by atoms with van der Waals surface area (Å²) in [5.74, 6) is -2.85. The van der Waals surface area contributed by atoms with Gasteiger partial charge in [-0.15, -0.1) is 0 Å². The Hall–Kier alpha value is -2.18. The first-order valence-corrected chi connectivity index (χ1v) is 4.58. The third-order valence-corrected chi connectivity index (χ3v) is 1.83. The van der Waals surface area contributed by atoms with E-state index in [1.165, 1.54) is 7.05 Å². The van der Waals surface area contributed by atoms with Gasteiger partial charge in [0.25, 0.3) is 0 Å². The number of carbonyl (C=O) groups is 2. The van der Waals surface area contributed by atoms with Crippen LogP contribution >= 0.6 is 0 Å². The largest absolute Gasteiger partial charge is 0.480 e. The van der Waals surface area contributed by atoms with Gasteiger partial charge in [-0.25, -0.2) is 13.6 Å². The van der Waals surface area contributed by atoms with Crippen LogP contribution < -0.4 is 5.32 Å². The molecule has 0 unspecified atom stereocenters. The fourth-order valence-electron chi connectivity index (χ4n) is 1.12. The van der Waals surface area contributed by atoms with E-state index in [-0.39, 0.29) is 5.69 Å². The number of benzene rings is 1. The van der Waals surface area contributed by atoms with Gasteiger partial charge in [0.05, 0.1) is 0 Å². The maximum absolute atomic E-state index is 12.8. The number of carboxylic acid groups (broad SMARTS) is 1. The molecular formula is C10H10F2N2O3. The normalized spacial score (nSPS) is 9.82. The Morgan fingerprint density at radius 2 is 1.82 bits per heavy atom. The summed E-state index contributed by atoms with van der Waals surface area (Å²) in [5, 5.41) is 10.6. The quantitative estimate of drug-likeness (QED) is 0.846. The van der Waals surface area contributed by atoms with Crippen LogP contribution in [-0.4, -0.2) is 35.6 Å². The maximum Gasteiger partial charge on any atom is 0.323 e. The lowest BCUT2D eigenvalue weighted by atomic mass is 10.3. The van der Waals surface area contributed by atoms with Crippen molar-refractivity contribution in [1.29, 1.82) is 0 Å². The standard InChI is InChI=1S/C10H10F2N2O3/c1-14(5-9(15)16)10(17)13-8-3-6(11)2-7(12)4-8/h2-4H,5H2,1H3,(H,13,17)(H,15,16). The summed E-state index contributed by atoms with van der Waals surface area (Å²) in [5.41, 5.74) is -0.0789. The fourth-order valence-corrected chi connectivity index (χ4v) is 1.12. The topological polar surface area (TPSA) is 69.6 Å². The average Bonchev–Trinajstić information content (AvgIpc) is 2.14. The van der Waals surface area contributed by atoms with Crippen molar-refractivity contribution >= 4 is 17.7 Å². The Bertz CT molecular complexity index is 431. The van der Waals surface area contributed by atoms with E-state index in [0.29, 0.717) is 6.07 Å². The lowest BCUT2D eigenvalue weighted by Gasteiger charge is -2.15. The molecule has 0 aliphatic rings. The summed E-state index contributed by atoms with van der Waals surface area (Å²) in [7, 11) is 1.25. The molecule has 1 aromatic carbocycles. The number of rotatable bonds is 3. The molecule has 0 saturated carbocycles. The predicted molar refractivity (Wildman–Crippen MR) is 55.6 cm³/mol. The summed E-state index contributed by atoms with van der Waals surface area (Å²) in [6, 6.07) is 1.75. The minimum Gasteiger partial charge on any atom is -0.480 e. The molecule has 1 rings (SSSR count). The molecule has 0 heterocycles. The second-order valence-electron chi connectivity index (χ2n) is 3.34. The Morgan fingerprint density at radius 3 is 2.29 bits per heavy atom. The molecule has 0 saturated heterocycles. The first-order chi connectivity index (χ1) is 7.88. The minimum atomic E-state index is -1.19. The number of amides is 2. The highest BCUT2D eigenvalue weighted by molar-refractivity contribution is 5.91. The second kappa shape index (κ2) is 5.24. The van der Waals surface area contributed by atoms with Crippen LogP contribution in [0.5, 0.6) is 0 Å². The van der Waals surface area contributed by atoms with Crippen molar-refractivity contribution in [2.24, 2.45) is 0 Å². The van der Waals surface area contributed by atoms with E-state index in [4.69, 9.17) is 5.11 Å². The van der Waals surface area contributed by atoms with E-state index in [1.54, 1.807) is 0 Å². The molecule has 2 N–H and O–H groups in total. The first kappa shape index (κ1) is 12.9. The molecule has 0 aromatic heterocycles. The molecule has 1 aromatic rings. The fraction of sp³-hybridized carbons (Fsp3) is 0.200. The van der Waals surface area contributed by atoms with Gasteiger partial charge in [-0.2, -0.15) is 0 Å². The number of hydrogen-bond donors (Lipinski definition) is 2. The zero-order valence-corrected chi connectivity index (χ0v) is 8.91. The first-order valence-electron chi connectivity index (χ1n) is 4.58. The number of carbonyl (C=O) groups excluding carboxylic acids is 1. The summed E-state index contributed by atoms with van der Waals surface area (Å²) < 4.78 is 25.6. The molecule has 0 bridgehead atoms. The van der Waals surface area contributed by atoms with E-state index >= 15 is 0 Å². The summed E-state index contributed by atoms with van der Waals surface area (Å²) in [4.78, 5) is 22.6. The van der Waals surface area contributed by atoms with Gasteiger partial charge in [0.1, 0.15) is 18.2 Å². The van der Waals surface area contributed by atoms with Gasteiger partial charge in [0.2, 0.25) is 0 Å². The molecule has 0 atom stereocenters. The molecule has 92 valence electrons. The number of halogens is 2. The Kier molecular flexibility index (Phi) is 3.97. The highest BCUT2D eigenvalue weighted by atomic mass is 19.1. The van der Waals surface area contributed by atoms with Gasteiger partial charge >= 0.3 is 12.0 Å².